The molecule has 2 amide bonds. The van der Waals surface area contributed by atoms with Gasteiger partial charge in [-0.25, -0.2) is 4.98 Å². The van der Waals surface area contributed by atoms with Gasteiger partial charge in [-0.1, -0.05) is 0 Å². The van der Waals surface area contributed by atoms with Crippen molar-refractivity contribution in [2.24, 2.45) is 0 Å². The van der Waals surface area contributed by atoms with Crippen molar-refractivity contribution in [2.45, 2.75) is 25.8 Å². The lowest BCUT2D eigenvalue weighted by Crippen LogP contribution is -2.43. The molecule has 0 bridgehead atoms. The zero-order valence-corrected chi connectivity index (χ0v) is 15.9. The van der Waals surface area contributed by atoms with Crippen molar-refractivity contribution in [3.05, 3.63) is 60.0 Å². The van der Waals surface area contributed by atoms with Gasteiger partial charge < -0.3 is 19.4 Å². The van der Waals surface area contributed by atoms with Gasteiger partial charge in [0.25, 0.3) is 5.91 Å². The predicted molar refractivity (Wildman–Crippen MR) is 106 cm³/mol. The molecule has 1 saturated heterocycles. The van der Waals surface area contributed by atoms with Gasteiger partial charge in [-0.2, -0.15) is 0 Å². The van der Waals surface area contributed by atoms with E-state index in [1.165, 1.54) is 0 Å². The summed E-state index contributed by atoms with van der Waals surface area (Å²) in [6, 6.07) is 10.5. The lowest BCUT2D eigenvalue weighted by atomic mass is 10.2. The van der Waals surface area contributed by atoms with Crippen LogP contribution in [0.5, 0.6) is 5.75 Å². The zero-order chi connectivity index (χ0) is 19.7. The van der Waals surface area contributed by atoms with E-state index in [2.05, 4.69) is 10.3 Å². The maximum Gasteiger partial charge on any atom is 0.274 e. The largest absolute Gasteiger partial charge is 0.497 e. The third-order valence-corrected chi connectivity index (χ3v) is 5.01. The minimum absolute atomic E-state index is 0.185. The topological polar surface area (TPSA) is 75.9 Å². The smallest absolute Gasteiger partial charge is 0.274 e. The number of carbonyl (C=O) groups is 2. The zero-order valence-electron chi connectivity index (χ0n) is 15.9. The molecule has 3 heterocycles. The Hall–Kier alpha value is -3.35. The molecule has 2 aromatic heterocycles. The van der Waals surface area contributed by atoms with Crippen LogP contribution in [0.15, 0.2) is 48.8 Å². The van der Waals surface area contributed by atoms with E-state index in [4.69, 9.17) is 4.74 Å². The molecular formula is C21H22N4O3. The summed E-state index contributed by atoms with van der Waals surface area (Å²) in [5.74, 6) is 0.321. The Labute approximate surface area is 162 Å². The van der Waals surface area contributed by atoms with Crippen LogP contribution in [0, 0.1) is 6.92 Å². The van der Waals surface area contributed by atoms with Crippen LogP contribution >= 0.6 is 0 Å². The van der Waals surface area contributed by atoms with Gasteiger partial charge in [0.1, 0.15) is 23.1 Å². The van der Waals surface area contributed by atoms with E-state index in [1.54, 1.807) is 42.5 Å². The van der Waals surface area contributed by atoms with E-state index < -0.39 is 6.04 Å². The molecule has 4 rings (SSSR count). The molecule has 0 spiro atoms. The molecule has 7 nitrogen and oxygen atoms in total. The van der Waals surface area contributed by atoms with Crippen molar-refractivity contribution in [3.63, 3.8) is 0 Å². The molecule has 28 heavy (non-hydrogen) atoms. The Kier molecular flexibility index (Phi) is 4.73. The third kappa shape index (κ3) is 3.43. The molecule has 144 valence electrons. The summed E-state index contributed by atoms with van der Waals surface area (Å²) in [6.45, 7) is 2.53. The molecule has 0 radical (unpaired) electrons. The monoisotopic (exact) mass is 378 g/mol. The molecule has 1 atom stereocenters. The second-order valence-corrected chi connectivity index (χ2v) is 6.97. The highest BCUT2D eigenvalue weighted by Crippen LogP contribution is 2.23. The maximum absolute atomic E-state index is 13.0. The molecular weight excluding hydrogens is 356 g/mol. The van der Waals surface area contributed by atoms with Crippen molar-refractivity contribution in [1.82, 2.24) is 14.3 Å². The molecule has 0 saturated carbocycles. The SMILES string of the molecule is COc1ccc(NC(=O)C2CCCN2C(=O)c2cn3ccc(C)cc3n2)cc1. The van der Waals surface area contributed by atoms with Crippen LogP contribution in [0.2, 0.25) is 0 Å². The molecule has 7 heteroatoms. The maximum atomic E-state index is 13.0. The number of hydrogen-bond acceptors (Lipinski definition) is 4. The molecule has 3 aromatic rings. The predicted octanol–water partition coefficient (Wildman–Crippen LogP) is 2.89. The summed E-state index contributed by atoms with van der Waals surface area (Å²) in [6.07, 6.45) is 5.03. The van der Waals surface area contributed by atoms with E-state index in [1.807, 2.05) is 29.7 Å². The number of pyridine rings is 1. The van der Waals surface area contributed by atoms with Crippen LogP contribution < -0.4 is 10.1 Å². The van der Waals surface area contributed by atoms with Crippen molar-refractivity contribution in [2.75, 3.05) is 19.0 Å². The number of nitrogens with zero attached hydrogens (tertiary/aromatic N) is 3. The third-order valence-electron chi connectivity index (χ3n) is 5.01. The van der Waals surface area contributed by atoms with Gasteiger partial charge in [-0.05, 0) is 61.7 Å². The van der Waals surface area contributed by atoms with Gasteiger partial charge in [0.05, 0.1) is 7.11 Å². The number of aromatic nitrogens is 2. The number of amides is 2. The summed E-state index contributed by atoms with van der Waals surface area (Å²) in [7, 11) is 1.59. The van der Waals surface area contributed by atoms with Crippen LogP contribution in [0.4, 0.5) is 5.69 Å². The number of nitrogens with one attached hydrogen (secondary N) is 1. The van der Waals surface area contributed by atoms with E-state index in [9.17, 15) is 9.59 Å². The van der Waals surface area contributed by atoms with Crippen LogP contribution in [0.1, 0.15) is 28.9 Å². The first-order chi connectivity index (χ1) is 13.5. The summed E-state index contributed by atoms with van der Waals surface area (Å²) >= 11 is 0. The Morgan fingerprint density at radius 3 is 2.75 bits per heavy atom. The molecule has 1 aliphatic heterocycles. The molecule has 1 N–H and O–H groups in total. The first kappa shape index (κ1) is 18.0. The van der Waals surface area contributed by atoms with Crippen LogP contribution in [-0.4, -0.2) is 45.8 Å². The molecule has 0 aliphatic carbocycles. The average molecular weight is 378 g/mol. The number of anilines is 1. The first-order valence-electron chi connectivity index (χ1n) is 9.26. The number of aryl methyl sites for hydroxylation is 1. The van der Waals surface area contributed by atoms with Gasteiger partial charge >= 0.3 is 0 Å². The second-order valence-electron chi connectivity index (χ2n) is 6.97. The fourth-order valence-electron chi connectivity index (χ4n) is 3.52. The van der Waals surface area contributed by atoms with Crippen LogP contribution in [-0.2, 0) is 4.79 Å². The average Bonchev–Trinajstić information content (AvgIpc) is 3.34. The highest BCUT2D eigenvalue weighted by Gasteiger charge is 2.35. The van der Waals surface area contributed by atoms with Crippen molar-refractivity contribution in [3.8, 4) is 5.75 Å². The Balaban J connectivity index is 1.51. The molecule has 1 aliphatic rings. The van der Waals surface area contributed by atoms with E-state index >= 15 is 0 Å². The van der Waals surface area contributed by atoms with Gasteiger partial charge in [0.2, 0.25) is 5.91 Å². The Bertz CT molecular complexity index is 1030. The van der Waals surface area contributed by atoms with E-state index in [0.717, 1.165) is 23.4 Å². The number of ether oxygens (including phenoxy) is 1. The fourth-order valence-corrected chi connectivity index (χ4v) is 3.52. The lowest BCUT2D eigenvalue weighted by Gasteiger charge is -2.23. The van der Waals surface area contributed by atoms with E-state index in [-0.39, 0.29) is 11.8 Å². The first-order valence-corrected chi connectivity index (χ1v) is 9.26. The molecule has 1 aromatic carbocycles. The number of imidazole rings is 1. The number of likely N-dealkylation sites (tertiary alicyclic amines) is 1. The standard InChI is InChI=1S/C21H22N4O3/c1-14-9-11-24-13-17(23-19(24)12-14)21(27)25-10-3-4-18(25)20(26)22-15-5-7-16(28-2)8-6-15/h5-9,11-13,18H,3-4,10H2,1-2H3,(H,22,26). The number of rotatable bonds is 4. The summed E-state index contributed by atoms with van der Waals surface area (Å²) in [5, 5.41) is 2.89. The number of hydrogen-bond donors (Lipinski definition) is 1. The lowest BCUT2D eigenvalue weighted by molar-refractivity contribution is -0.119. The van der Waals surface area contributed by atoms with Gasteiger partial charge in [-0.3, -0.25) is 9.59 Å². The normalized spacial score (nSPS) is 16.4. The Morgan fingerprint density at radius 1 is 1.21 bits per heavy atom. The Morgan fingerprint density at radius 2 is 2.00 bits per heavy atom. The molecule has 1 unspecified atom stereocenters. The summed E-state index contributed by atoms with van der Waals surface area (Å²) in [5.41, 5.74) is 2.83. The minimum Gasteiger partial charge on any atom is -0.497 e. The van der Waals surface area contributed by atoms with E-state index in [0.29, 0.717) is 24.3 Å². The highest BCUT2D eigenvalue weighted by atomic mass is 16.5. The fraction of sp³-hybridized carbons (Fsp3) is 0.286. The van der Waals surface area contributed by atoms with Gasteiger partial charge in [0.15, 0.2) is 0 Å². The van der Waals surface area contributed by atoms with Crippen molar-refractivity contribution < 1.29 is 14.3 Å². The van der Waals surface area contributed by atoms with Crippen molar-refractivity contribution >= 4 is 23.1 Å². The van der Waals surface area contributed by atoms with Crippen LogP contribution in [0.3, 0.4) is 0 Å². The van der Waals surface area contributed by atoms with Gasteiger partial charge in [-0.15, -0.1) is 0 Å². The van der Waals surface area contributed by atoms with Crippen molar-refractivity contribution in [1.29, 1.82) is 0 Å². The van der Waals surface area contributed by atoms with Crippen LogP contribution in [0.25, 0.3) is 5.65 Å². The quantitative estimate of drug-likeness (QED) is 0.757. The number of methoxy groups -OCH3 is 1. The number of fused-ring (bicyclic) bond motifs is 1. The minimum atomic E-state index is -0.499. The second kappa shape index (κ2) is 7.34. The van der Waals surface area contributed by atoms with Gasteiger partial charge in [0, 0.05) is 24.6 Å². The molecule has 1 fully saturated rings. The number of carbonyl (C=O) groups excluding carboxylic acids is 2. The number of benzene rings is 1. The highest BCUT2D eigenvalue weighted by molar-refractivity contribution is 6.01. The summed E-state index contributed by atoms with van der Waals surface area (Å²) < 4.78 is 6.95. The summed E-state index contributed by atoms with van der Waals surface area (Å²) in [4.78, 5) is 31.8.